The number of aromatic nitrogens is 1. The van der Waals surface area contributed by atoms with E-state index in [1.807, 2.05) is 12.1 Å². The summed E-state index contributed by atoms with van der Waals surface area (Å²) in [4.78, 5) is 24.9. The standard InChI is InChI=1S/C18H14N2O4/c1-9-12(8-19)17(22)20(3)18(23)14(9)15(21)16-10(2)11-6-4-5-7-13(11)24-16/h4-7,23H,1-3H3. The number of aromatic hydroxyl groups is 1. The van der Waals surface area contributed by atoms with Crippen LogP contribution in [-0.4, -0.2) is 15.5 Å². The first-order chi connectivity index (χ1) is 11.4. The molecule has 3 rings (SSSR count). The van der Waals surface area contributed by atoms with Crippen LogP contribution < -0.4 is 5.56 Å². The molecule has 0 fully saturated rings. The fourth-order valence-corrected chi connectivity index (χ4v) is 2.79. The predicted molar refractivity (Wildman–Crippen MR) is 87.2 cm³/mol. The fraction of sp³-hybridized carbons (Fsp3) is 0.167. The molecule has 6 heteroatoms. The highest BCUT2D eigenvalue weighted by molar-refractivity contribution is 6.12. The van der Waals surface area contributed by atoms with Crippen molar-refractivity contribution in [2.45, 2.75) is 13.8 Å². The van der Waals surface area contributed by atoms with Crippen LogP contribution in [-0.2, 0) is 7.05 Å². The third-order valence-electron chi connectivity index (χ3n) is 4.20. The first-order valence-electron chi connectivity index (χ1n) is 7.24. The highest BCUT2D eigenvalue weighted by atomic mass is 16.3. The average molecular weight is 322 g/mol. The Balaban J connectivity index is 2.31. The normalized spacial score (nSPS) is 10.8. The third kappa shape index (κ3) is 2.02. The second kappa shape index (κ2) is 5.39. The molecule has 3 aromatic rings. The highest BCUT2D eigenvalue weighted by Gasteiger charge is 2.27. The van der Waals surface area contributed by atoms with Gasteiger partial charge in [0.15, 0.2) is 5.76 Å². The van der Waals surface area contributed by atoms with Crippen LogP contribution in [0, 0.1) is 25.2 Å². The fourth-order valence-electron chi connectivity index (χ4n) is 2.79. The molecule has 0 unspecified atom stereocenters. The number of hydrogen-bond donors (Lipinski definition) is 1. The number of ketones is 1. The minimum absolute atomic E-state index is 0.0807. The van der Waals surface area contributed by atoms with E-state index in [9.17, 15) is 20.0 Å². The van der Waals surface area contributed by atoms with Crippen LogP contribution in [0.5, 0.6) is 5.88 Å². The number of fused-ring (bicyclic) bond motifs is 1. The van der Waals surface area contributed by atoms with Crippen molar-refractivity contribution in [3.8, 4) is 11.9 Å². The Morgan fingerprint density at radius 2 is 1.92 bits per heavy atom. The molecule has 1 aromatic carbocycles. The van der Waals surface area contributed by atoms with Gasteiger partial charge >= 0.3 is 0 Å². The van der Waals surface area contributed by atoms with Crippen molar-refractivity contribution < 1.29 is 14.3 Å². The monoisotopic (exact) mass is 322 g/mol. The number of nitriles is 1. The molecule has 0 saturated carbocycles. The van der Waals surface area contributed by atoms with E-state index in [1.165, 1.54) is 14.0 Å². The number of hydrogen-bond acceptors (Lipinski definition) is 5. The van der Waals surface area contributed by atoms with Gasteiger partial charge in [-0.2, -0.15) is 5.26 Å². The second-order valence-electron chi connectivity index (χ2n) is 5.56. The Morgan fingerprint density at radius 1 is 1.25 bits per heavy atom. The lowest BCUT2D eigenvalue weighted by Gasteiger charge is -2.11. The molecule has 6 nitrogen and oxygen atoms in total. The average Bonchev–Trinajstić information content (AvgIpc) is 2.91. The molecular formula is C18H14N2O4. The number of nitrogens with zero attached hydrogens (tertiary/aromatic N) is 2. The van der Waals surface area contributed by atoms with Crippen molar-refractivity contribution in [2.75, 3.05) is 0 Å². The van der Waals surface area contributed by atoms with Crippen molar-refractivity contribution in [2.24, 2.45) is 7.05 Å². The van der Waals surface area contributed by atoms with Gasteiger partial charge in [-0.25, -0.2) is 0 Å². The molecule has 0 radical (unpaired) electrons. The smallest absolute Gasteiger partial charge is 0.271 e. The van der Waals surface area contributed by atoms with Crippen LogP contribution in [0.1, 0.15) is 32.8 Å². The summed E-state index contributed by atoms with van der Waals surface area (Å²) in [6.07, 6.45) is 0. The van der Waals surface area contributed by atoms with Gasteiger partial charge in [-0.15, -0.1) is 0 Å². The summed E-state index contributed by atoms with van der Waals surface area (Å²) in [5, 5.41) is 20.2. The Morgan fingerprint density at radius 3 is 2.54 bits per heavy atom. The van der Waals surface area contributed by atoms with Gasteiger partial charge in [-0.1, -0.05) is 18.2 Å². The van der Waals surface area contributed by atoms with Gasteiger partial charge in [0, 0.05) is 18.0 Å². The van der Waals surface area contributed by atoms with E-state index >= 15 is 0 Å². The zero-order valence-electron chi connectivity index (χ0n) is 13.4. The Kier molecular flexibility index (Phi) is 3.49. The van der Waals surface area contributed by atoms with Gasteiger partial charge in [-0.3, -0.25) is 14.2 Å². The molecule has 0 saturated heterocycles. The number of carbonyl (C=O) groups is 1. The van der Waals surface area contributed by atoms with E-state index < -0.39 is 17.2 Å². The van der Waals surface area contributed by atoms with Crippen LogP contribution in [0.3, 0.4) is 0 Å². The summed E-state index contributed by atoms with van der Waals surface area (Å²) in [5.74, 6) is -0.968. The van der Waals surface area contributed by atoms with Gasteiger partial charge < -0.3 is 9.52 Å². The Bertz CT molecular complexity index is 1100. The molecule has 0 spiro atoms. The first-order valence-corrected chi connectivity index (χ1v) is 7.24. The number of carbonyl (C=O) groups excluding carboxylic acids is 1. The maximum absolute atomic E-state index is 12.9. The number of para-hydroxylation sites is 1. The quantitative estimate of drug-likeness (QED) is 0.731. The number of pyridine rings is 1. The largest absolute Gasteiger partial charge is 0.494 e. The summed E-state index contributed by atoms with van der Waals surface area (Å²) in [5.41, 5.74) is 0.416. The van der Waals surface area contributed by atoms with Crippen molar-refractivity contribution in [3.05, 3.63) is 62.6 Å². The van der Waals surface area contributed by atoms with E-state index in [1.54, 1.807) is 25.1 Å². The lowest BCUT2D eigenvalue weighted by atomic mass is 9.98. The molecule has 0 atom stereocenters. The lowest BCUT2D eigenvalue weighted by molar-refractivity contribution is 0.101. The van der Waals surface area contributed by atoms with Crippen molar-refractivity contribution in [1.29, 1.82) is 5.26 Å². The van der Waals surface area contributed by atoms with Gasteiger partial charge in [0.2, 0.25) is 11.7 Å². The van der Waals surface area contributed by atoms with Crippen LogP contribution in [0.2, 0.25) is 0 Å². The summed E-state index contributed by atoms with van der Waals surface area (Å²) in [6.45, 7) is 3.21. The molecular weight excluding hydrogens is 308 g/mol. The topological polar surface area (TPSA) is 96.2 Å². The number of aryl methyl sites for hydroxylation is 1. The van der Waals surface area contributed by atoms with Gasteiger partial charge in [-0.05, 0) is 25.5 Å². The zero-order valence-corrected chi connectivity index (χ0v) is 13.4. The molecule has 120 valence electrons. The maximum atomic E-state index is 12.9. The molecule has 0 aliphatic heterocycles. The summed E-state index contributed by atoms with van der Waals surface area (Å²) in [6, 6.07) is 9.00. The van der Waals surface area contributed by atoms with Crippen molar-refractivity contribution >= 4 is 16.8 Å². The van der Waals surface area contributed by atoms with Crippen LogP contribution >= 0.6 is 0 Å². The first kappa shape index (κ1) is 15.6. The number of benzene rings is 1. The zero-order chi connectivity index (χ0) is 17.6. The van der Waals surface area contributed by atoms with Crippen LogP contribution in [0.25, 0.3) is 11.0 Å². The predicted octanol–water partition coefficient (Wildman–Crippen LogP) is 2.56. The SMILES string of the molecule is Cc1c(C(=O)c2oc3ccccc3c2C)c(O)n(C)c(=O)c1C#N. The van der Waals surface area contributed by atoms with Crippen molar-refractivity contribution in [3.63, 3.8) is 0 Å². The van der Waals surface area contributed by atoms with E-state index in [0.29, 0.717) is 11.1 Å². The van der Waals surface area contributed by atoms with E-state index in [-0.39, 0.29) is 22.5 Å². The van der Waals surface area contributed by atoms with Crippen molar-refractivity contribution in [1.82, 2.24) is 4.57 Å². The minimum Gasteiger partial charge on any atom is -0.494 e. The summed E-state index contributed by atoms with van der Waals surface area (Å²) in [7, 11) is 1.31. The van der Waals surface area contributed by atoms with E-state index in [4.69, 9.17) is 4.42 Å². The second-order valence-corrected chi connectivity index (χ2v) is 5.56. The Labute approximate surface area is 137 Å². The summed E-state index contributed by atoms with van der Waals surface area (Å²) >= 11 is 0. The number of rotatable bonds is 2. The molecule has 24 heavy (non-hydrogen) atoms. The van der Waals surface area contributed by atoms with E-state index in [2.05, 4.69) is 0 Å². The van der Waals surface area contributed by atoms with Crippen LogP contribution in [0.15, 0.2) is 33.5 Å². The van der Waals surface area contributed by atoms with Gasteiger partial charge in [0.25, 0.3) is 5.56 Å². The molecule has 2 aromatic heterocycles. The molecule has 0 amide bonds. The molecule has 0 aliphatic rings. The number of furan rings is 1. The Hall–Kier alpha value is -3.33. The van der Waals surface area contributed by atoms with Gasteiger partial charge in [0.05, 0.1) is 5.56 Å². The highest BCUT2D eigenvalue weighted by Crippen LogP contribution is 2.30. The van der Waals surface area contributed by atoms with Gasteiger partial charge in [0.1, 0.15) is 17.2 Å². The molecule has 0 aliphatic carbocycles. The third-order valence-corrected chi connectivity index (χ3v) is 4.20. The molecule has 0 bridgehead atoms. The minimum atomic E-state index is -0.648. The lowest BCUT2D eigenvalue weighted by Crippen LogP contribution is -2.24. The summed E-state index contributed by atoms with van der Waals surface area (Å²) < 4.78 is 6.52. The molecule has 2 heterocycles. The van der Waals surface area contributed by atoms with E-state index in [0.717, 1.165) is 9.95 Å². The maximum Gasteiger partial charge on any atom is 0.271 e. The molecule has 1 N–H and O–H groups in total. The van der Waals surface area contributed by atoms with Crippen LogP contribution in [0.4, 0.5) is 0 Å².